The number of pyridine rings is 1. The third-order valence-corrected chi connectivity index (χ3v) is 2.23. The molecule has 0 spiro atoms. The lowest BCUT2D eigenvalue weighted by Crippen LogP contribution is -2.20. The summed E-state index contributed by atoms with van der Waals surface area (Å²) in [6.07, 6.45) is 2.99. The molecular formula is C10H10N4O3. The molecule has 0 bridgehead atoms. The molecule has 2 rings (SSSR count). The summed E-state index contributed by atoms with van der Waals surface area (Å²) < 4.78 is 2.91. The molecule has 17 heavy (non-hydrogen) atoms. The number of carbonyl (C=O) groups is 1. The van der Waals surface area contributed by atoms with Crippen LogP contribution in [0.15, 0.2) is 35.4 Å². The summed E-state index contributed by atoms with van der Waals surface area (Å²) >= 11 is 0. The van der Waals surface area contributed by atoms with Crippen LogP contribution in [0, 0.1) is 0 Å². The molecule has 7 nitrogen and oxygen atoms in total. The zero-order valence-corrected chi connectivity index (χ0v) is 8.85. The molecule has 0 aromatic carbocycles. The van der Waals surface area contributed by atoms with Gasteiger partial charge in [0.05, 0.1) is 12.7 Å². The molecule has 0 unspecified atom stereocenters. The Balaban J connectivity index is 2.05. The molecule has 0 aliphatic carbocycles. The van der Waals surface area contributed by atoms with Gasteiger partial charge in [-0.1, -0.05) is 11.3 Å². The highest BCUT2D eigenvalue weighted by Gasteiger charge is 2.07. The molecule has 7 heteroatoms. The molecule has 0 amide bonds. The van der Waals surface area contributed by atoms with Crippen molar-refractivity contribution in [1.29, 1.82) is 0 Å². The lowest BCUT2D eigenvalue weighted by molar-refractivity contribution is 0.0690. The molecule has 0 aliphatic rings. The van der Waals surface area contributed by atoms with Crippen LogP contribution in [0.25, 0.3) is 0 Å². The van der Waals surface area contributed by atoms with Crippen molar-refractivity contribution in [2.45, 2.75) is 13.1 Å². The van der Waals surface area contributed by atoms with Crippen molar-refractivity contribution in [3.05, 3.63) is 46.6 Å². The third kappa shape index (κ3) is 2.57. The normalized spacial score (nSPS) is 10.4. The fourth-order valence-electron chi connectivity index (χ4n) is 1.36. The van der Waals surface area contributed by atoms with Crippen molar-refractivity contribution in [1.82, 2.24) is 19.6 Å². The summed E-state index contributed by atoms with van der Waals surface area (Å²) in [6, 6.07) is 4.88. The minimum atomic E-state index is -1.12. The molecule has 1 N–H and O–H groups in total. The van der Waals surface area contributed by atoms with E-state index in [1.54, 1.807) is 18.3 Å². The molecular weight excluding hydrogens is 224 g/mol. The number of nitrogens with zero attached hydrogens (tertiary/aromatic N) is 4. The zero-order valence-electron chi connectivity index (χ0n) is 8.85. The van der Waals surface area contributed by atoms with Crippen LogP contribution in [0.1, 0.15) is 10.5 Å². The van der Waals surface area contributed by atoms with Crippen molar-refractivity contribution < 1.29 is 9.90 Å². The number of hydrogen-bond donors (Lipinski definition) is 1. The Labute approximate surface area is 95.9 Å². The van der Waals surface area contributed by atoms with Crippen LogP contribution in [0.5, 0.6) is 0 Å². The number of aryl methyl sites for hydroxylation is 2. The second-order valence-electron chi connectivity index (χ2n) is 3.40. The van der Waals surface area contributed by atoms with Gasteiger partial charge in [0.25, 0.3) is 5.56 Å². The minimum Gasteiger partial charge on any atom is -0.476 e. The highest BCUT2D eigenvalue weighted by molar-refractivity contribution is 5.84. The molecule has 0 aliphatic heterocycles. The van der Waals surface area contributed by atoms with E-state index in [0.717, 1.165) is 0 Å². The predicted molar refractivity (Wildman–Crippen MR) is 57.7 cm³/mol. The maximum absolute atomic E-state index is 11.4. The fraction of sp³-hybridized carbons (Fsp3) is 0.200. The van der Waals surface area contributed by atoms with E-state index in [1.807, 2.05) is 0 Å². The number of carboxylic acids is 1. The Hall–Kier alpha value is -2.44. The van der Waals surface area contributed by atoms with Crippen molar-refractivity contribution in [2.75, 3.05) is 0 Å². The van der Waals surface area contributed by atoms with Gasteiger partial charge in [-0.15, -0.1) is 5.10 Å². The Morgan fingerprint density at radius 1 is 1.35 bits per heavy atom. The quantitative estimate of drug-likeness (QED) is 0.793. The Kier molecular flexibility index (Phi) is 2.99. The van der Waals surface area contributed by atoms with Gasteiger partial charge in [0.2, 0.25) is 0 Å². The maximum Gasteiger partial charge on any atom is 0.358 e. The van der Waals surface area contributed by atoms with E-state index < -0.39 is 5.97 Å². The van der Waals surface area contributed by atoms with Crippen LogP contribution in [0.2, 0.25) is 0 Å². The number of rotatable bonds is 4. The Bertz CT molecular complexity index is 587. The molecule has 88 valence electrons. The lowest BCUT2D eigenvalue weighted by atomic mass is 10.4. The van der Waals surface area contributed by atoms with E-state index in [9.17, 15) is 9.59 Å². The van der Waals surface area contributed by atoms with Crippen molar-refractivity contribution >= 4 is 5.97 Å². The van der Waals surface area contributed by atoms with Crippen LogP contribution < -0.4 is 5.56 Å². The number of hydrogen-bond acceptors (Lipinski definition) is 4. The molecule has 0 saturated heterocycles. The molecule has 0 radical (unpaired) electrons. The number of aromatic nitrogens is 4. The van der Waals surface area contributed by atoms with E-state index >= 15 is 0 Å². The first-order valence-corrected chi connectivity index (χ1v) is 4.96. The summed E-state index contributed by atoms with van der Waals surface area (Å²) in [4.78, 5) is 21.9. The third-order valence-electron chi connectivity index (χ3n) is 2.23. The molecule has 0 fully saturated rings. The van der Waals surface area contributed by atoms with Gasteiger partial charge in [-0.05, 0) is 6.07 Å². The fourth-order valence-corrected chi connectivity index (χ4v) is 1.36. The average molecular weight is 234 g/mol. The van der Waals surface area contributed by atoms with Gasteiger partial charge < -0.3 is 9.67 Å². The molecule has 0 saturated carbocycles. The van der Waals surface area contributed by atoms with Crippen LogP contribution in [0.4, 0.5) is 0 Å². The summed E-state index contributed by atoms with van der Waals surface area (Å²) in [5.74, 6) is -1.12. The van der Waals surface area contributed by atoms with Gasteiger partial charge in [-0.25, -0.2) is 9.48 Å². The van der Waals surface area contributed by atoms with Gasteiger partial charge in [0.1, 0.15) is 0 Å². The largest absolute Gasteiger partial charge is 0.476 e. The Morgan fingerprint density at radius 3 is 2.82 bits per heavy atom. The van der Waals surface area contributed by atoms with Crippen molar-refractivity contribution in [3.8, 4) is 0 Å². The van der Waals surface area contributed by atoms with E-state index in [2.05, 4.69) is 10.3 Å². The predicted octanol–water partition coefficient (Wildman–Crippen LogP) is -0.162. The second kappa shape index (κ2) is 4.60. The van der Waals surface area contributed by atoms with Gasteiger partial charge in [-0.3, -0.25) is 4.79 Å². The monoisotopic (exact) mass is 234 g/mol. The number of aromatic carboxylic acids is 1. The van der Waals surface area contributed by atoms with E-state index in [1.165, 1.54) is 21.5 Å². The van der Waals surface area contributed by atoms with Gasteiger partial charge in [0.15, 0.2) is 5.69 Å². The van der Waals surface area contributed by atoms with Crippen molar-refractivity contribution in [3.63, 3.8) is 0 Å². The molecule has 2 heterocycles. The summed E-state index contributed by atoms with van der Waals surface area (Å²) in [6.45, 7) is 0.812. The molecule has 0 atom stereocenters. The van der Waals surface area contributed by atoms with E-state index in [0.29, 0.717) is 13.1 Å². The van der Waals surface area contributed by atoms with E-state index in [-0.39, 0.29) is 11.3 Å². The van der Waals surface area contributed by atoms with Crippen LogP contribution in [-0.4, -0.2) is 30.6 Å². The standard InChI is InChI=1S/C10H10N4O3/c15-9-3-1-2-4-13(9)5-6-14-7-8(10(16)17)11-12-14/h1-4,7H,5-6H2,(H,16,17). The Morgan fingerprint density at radius 2 is 2.18 bits per heavy atom. The highest BCUT2D eigenvalue weighted by atomic mass is 16.4. The molecule has 2 aromatic rings. The summed E-state index contributed by atoms with van der Waals surface area (Å²) in [7, 11) is 0. The lowest BCUT2D eigenvalue weighted by Gasteiger charge is -2.03. The van der Waals surface area contributed by atoms with Gasteiger partial charge in [0, 0.05) is 18.8 Å². The van der Waals surface area contributed by atoms with Crippen molar-refractivity contribution in [2.24, 2.45) is 0 Å². The minimum absolute atomic E-state index is 0.105. The SMILES string of the molecule is O=C(O)c1cn(CCn2ccccc2=O)nn1. The highest BCUT2D eigenvalue weighted by Crippen LogP contribution is 1.93. The summed E-state index contributed by atoms with van der Waals surface area (Å²) in [5.41, 5.74) is -0.212. The second-order valence-corrected chi connectivity index (χ2v) is 3.40. The smallest absolute Gasteiger partial charge is 0.358 e. The topological polar surface area (TPSA) is 90.0 Å². The van der Waals surface area contributed by atoms with Crippen LogP contribution >= 0.6 is 0 Å². The summed E-state index contributed by atoms with van der Waals surface area (Å²) in [5, 5.41) is 15.8. The first-order chi connectivity index (χ1) is 8.16. The van der Waals surface area contributed by atoms with Gasteiger partial charge in [-0.2, -0.15) is 0 Å². The van der Waals surface area contributed by atoms with Crippen LogP contribution in [-0.2, 0) is 13.1 Å². The zero-order chi connectivity index (χ0) is 12.3. The maximum atomic E-state index is 11.4. The first-order valence-electron chi connectivity index (χ1n) is 4.96. The van der Waals surface area contributed by atoms with Crippen LogP contribution in [0.3, 0.4) is 0 Å². The number of carboxylic acid groups (broad SMARTS) is 1. The average Bonchev–Trinajstić information content (AvgIpc) is 2.77. The molecule has 2 aromatic heterocycles. The van der Waals surface area contributed by atoms with Gasteiger partial charge >= 0.3 is 5.97 Å². The first kappa shape index (κ1) is 11.1. The van der Waals surface area contributed by atoms with E-state index in [4.69, 9.17) is 5.11 Å².